The first-order valence-corrected chi connectivity index (χ1v) is 7.36. The van der Waals surface area contributed by atoms with Crippen molar-refractivity contribution < 1.29 is 13.5 Å². The maximum Gasteiger partial charge on any atom is 0.242 e. The van der Waals surface area contributed by atoms with E-state index in [0.29, 0.717) is 13.0 Å². The Bertz CT molecular complexity index is 457. The maximum absolute atomic E-state index is 12.0. The third-order valence-corrected chi connectivity index (χ3v) is 4.08. The van der Waals surface area contributed by atoms with Gasteiger partial charge in [0.25, 0.3) is 0 Å². The fourth-order valence-corrected chi connectivity index (χ4v) is 2.73. The summed E-state index contributed by atoms with van der Waals surface area (Å²) in [5, 5.41) is 8.79. The van der Waals surface area contributed by atoms with Gasteiger partial charge < -0.3 is 5.11 Å². The van der Waals surface area contributed by atoms with Gasteiger partial charge >= 0.3 is 0 Å². The first-order valence-electron chi connectivity index (χ1n) is 5.88. The molecule has 1 rings (SSSR count). The van der Waals surface area contributed by atoms with Gasteiger partial charge in [-0.05, 0) is 30.4 Å². The highest BCUT2D eigenvalue weighted by molar-refractivity contribution is 7.89. The molecule has 0 aliphatic heterocycles. The first kappa shape index (κ1) is 15.1. The van der Waals surface area contributed by atoms with Crippen LogP contribution in [-0.4, -0.2) is 31.7 Å². The topological polar surface area (TPSA) is 79.3 Å². The molecule has 102 valence electrons. The van der Waals surface area contributed by atoms with Gasteiger partial charge in [-0.3, -0.25) is 4.98 Å². The number of aliphatic hydroxyl groups is 1. The Balaban J connectivity index is 2.63. The number of sulfonamides is 1. The summed E-state index contributed by atoms with van der Waals surface area (Å²) in [6.07, 6.45) is 4.29. The van der Waals surface area contributed by atoms with Crippen molar-refractivity contribution in [2.75, 3.05) is 13.2 Å². The van der Waals surface area contributed by atoms with Crippen molar-refractivity contribution in [3.8, 4) is 0 Å². The second-order valence-electron chi connectivity index (χ2n) is 5.00. The molecule has 1 aromatic rings. The molecule has 0 atom stereocenters. The standard InChI is InChI=1S/C12H20N2O3S/c1-12(2,6-4-8-15)10-14-18(16,17)11-5-3-7-13-9-11/h3,5,7,9,14-15H,4,6,8,10H2,1-2H3. The van der Waals surface area contributed by atoms with Gasteiger partial charge in [0.2, 0.25) is 10.0 Å². The van der Waals surface area contributed by atoms with Gasteiger partial charge in [0.15, 0.2) is 0 Å². The molecular formula is C12H20N2O3S. The number of aliphatic hydroxyl groups excluding tert-OH is 1. The van der Waals surface area contributed by atoms with Crippen LogP contribution in [0.1, 0.15) is 26.7 Å². The second kappa shape index (κ2) is 6.26. The van der Waals surface area contributed by atoms with Crippen LogP contribution in [0.5, 0.6) is 0 Å². The van der Waals surface area contributed by atoms with Gasteiger partial charge in [-0.25, -0.2) is 13.1 Å². The lowest BCUT2D eigenvalue weighted by molar-refractivity contribution is 0.242. The van der Waals surface area contributed by atoms with E-state index in [1.807, 2.05) is 13.8 Å². The Morgan fingerprint density at radius 1 is 1.44 bits per heavy atom. The third kappa shape index (κ3) is 4.72. The minimum atomic E-state index is -3.49. The fourth-order valence-electron chi connectivity index (χ4n) is 1.53. The Hall–Kier alpha value is -0.980. The molecule has 0 unspecified atom stereocenters. The van der Waals surface area contributed by atoms with Gasteiger partial charge in [-0.2, -0.15) is 0 Å². The van der Waals surface area contributed by atoms with E-state index in [-0.39, 0.29) is 16.9 Å². The Labute approximate surface area is 108 Å². The predicted molar refractivity (Wildman–Crippen MR) is 69.5 cm³/mol. The summed E-state index contributed by atoms with van der Waals surface area (Å²) >= 11 is 0. The van der Waals surface area contributed by atoms with Crippen LogP contribution in [0.15, 0.2) is 29.4 Å². The summed E-state index contributed by atoms with van der Waals surface area (Å²) in [7, 11) is -3.49. The molecule has 0 aliphatic rings. The number of nitrogens with zero attached hydrogens (tertiary/aromatic N) is 1. The average molecular weight is 272 g/mol. The molecule has 0 fully saturated rings. The van der Waals surface area contributed by atoms with Crippen molar-refractivity contribution >= 4 is 10.0 Å². The number of nitrogens with one attached hydrogen (secondary N) is 1. The van der Waals surface area contributed by atoms with E-state index in [1.54, 1.807) is 6.07 Å². The number of hydrogen-bond acceptors (Lipinski definition) is 4. The van der Waals surface area contributed by atoms with Crippen LogP contribution >= 0.6 is 0 Å². The predicted octanol–water partition coefficient (Wildman–Crippen LogP) is 1.16. The highest BCUT2D eigenvalue weighted by atomic mass is 32.2. The smallest absolute Gasteiger partial charge is 0.242 e. The van der Waals surface area contributed by atoms with Gasteiger partial charge in [0, 0.05) is 25.5 Å². The zero-order valence-electron chi connectivity index (χ0n) is 10.8. The second-order valence-corrected chi connectivity index (χ2v) is 6.77. The molecule has 0 spiro atoms. The third-order valence-electron chi connectivity index (χ3n) is 2.70. The van der Waals surface area contributed by atoms with Gasteiger partial charge in [-0.15, -0.1) is 0 Å². The van der Waals surface area contributed by atoms with Crippen LogP contribution in [0.4, 0.5) is 0 Å². The van der Waals surface area contributed by atoms with E-state index in [9.17, 15) is 8.42 Å². The van der Waals surface area contributed by atoms with Gasteiger partial charge in [-0.1, -0.05) is 13.8 Å². The van der Waals surface area contributed by atoms with Crippen molar-refractivity contribution in [3.05, 3.63) is 24.5 Å². The summed E-state index contributed by atoms with van der Waals surface area (Å²) in [4.78, 5) is 3.96. The lowest BCUT2D eigenvalue weighted by Crippen LogP contribution is -2.34. The summed E-state index contributed by atoms with van der Waals surface area (Å²) in [5.74, 6) is 0. The normalized spacial score (nSPS) is 12.6. The van der Waals surface area contributed by atoms with Gasteiger partial charge in [0.05, 0.1) is 0 Å². The van der Waals surface area contributed by atoms with Crippen LogP contribution in [0.25, 0.3) is 0 Å². The van der Waals surface area contributed by atoms with Crippen molar-refractivity contribution in [1.82, 2.24) is 9.71 Å². The van der Waals surface area contributed by atoms with Crippen molar-refractivity contribution in [1.29, 1.82) is 0 Å². The largest absolute Gasteiger partial charge is 0.396 e. The maximum atomic E-state index is 12.0. The summed E-state index contributed by atoms with van der Waals surface area (Å²) < 4.78 is 26.5. The van der Waals surface area contributed by atoms with Crippen molar-refractivity contribution in [2.45, 2.75) is 31.6 Å². The number of aromatic nitrogens is 1. The number of pyridine rings is 1. The fraction of sp³-hybridized carbons (Fsp3) is 0.583. The zero-order valence-corrected chi connectivity index (χ0v) is 11.6. The number of rotatable bonds is 7. The van der Waals surface area contributed by atoms with Crippen molar-refractivity contribution in [2.24, 2.45) is 5.41 Å². The minimum absolute atomic E-state index is 0.124. The molecule has 18 heavy (non-hydrogen) atoms. The van der Waals surface area contributed by atoms with E-state index >= 15 is 0 Å². The quantitative estimate of drug-likeness (QED) is 0.780. The molecule has 0 radical (unpaired) electrons. The molecule has 0 saturated carbocycles. The van der Waals surface area contributed by atoms with Crippen LogP contribution in [0, 0.1) is 5.41 Å². The summed E-state index contributed by atoms with van der Waals surface area (Å²) in [6.45, 7) is 4.39. The molecule has 0 aromatic carbocycles. The van der Waals surface area contributed by atoms with Crippen LogP contribution < -0.4 is 4.72 Å². The molecule has 0 saturated heterocycles. The van der Waals surface area contributed by atoms with Gasteiger partial charge in [0.1, 0.15) is 4.90 Å². The first-order chi connectivity index (χ1) is 8.37. The summed E-state index contributed by atoms with van der Waals surface area (Å²) in [5.41, 5.74) is -0.183. The molecule has 2 N–H and O–H groups in total. The molecule has 0 aliphatic carbocycles. The Kier molecular flexibility index (Phi) is 5.25. The Morgan fingerprint density at radius 3 is 2.72 bits per heavy atom. The average Bonchev–Trinajstić information content (AvgIpc) is 2.36. The van der Waals surface area contributed by atoms with E-state index in [4.69, 9.17) is 5.11 Å². The van der Waals surface area contributed by atoms with E-state index < -0.39 is 10.0 Å². The lowest BCUT2D eigenvalue weighted by atomic mass is 9.88. The van der Waals surface area contributed by atoms with Crippen LogP contribution in [0.2, 0.25) is 0 Å². The summed E-state index contributed by atoms with van der Waals surface area (Å²) in [6, 6.07) is 3.10. The highest BCUT2D eigenvalue weighted by Gasteiger charge is 2.21. The molecule has 0 amide bonds. The van der Waals surface area contributed by atoms with Crippen LogP contribution in [-0.2, 0) is 10.0 Å². The number of hydrogen-bond donors (Lipinski definition) is 2. The van der Waals surface area contributed by atoms with Crippen molar-refractivity contribution in [3.63, 3.8) is 0 Å². The highest BCUT2D eigenvalue weighted by Crippen LogP contribution is 2.21. The molecule has 6 heteroatoms. The molecule has 1 aromatic heterocycles. The molecule has 1 heterocycles. The molecule has 5 nitrogen and oxygen atoms in total. The van der Waals surface area contributed by atoms with E-state index in [0.717, 1.165) is 6.42 Å². The minimum Gasteiger partial charge on any atom is -0.396 e. The lowest BCUT2D eigenvalue weighted by Gasteiger charge is -2.24. The monoisotopic (exact) mass is 272 g/mol. The Morgan fingerprint density at radius 2 is 2.17 bits per heavy atom. The molecule has 0 bridgehead atoms. The van der Waals surface area contributed by atoms with E-state index in [1.165, 1.54) is 18.5 Å². The molecular weight excluding hydrogens is 252 g/mol. The van der Waals surface area contributed by atoms with Crippen LogP contribution in [0.3, 0.4) is 0 Å². The zero-order chi connectivity index (χ0) is 13.6. The van der Waals surface area contributed by atoms with E-state index in [2.05, 4.69) is 9.71 Å². The SMILES string of the molecule is CC(C)(CCCO)CNS(=O)(=O)c1cccnc1.